The molecule has 4 nitrogen and oxygen atoms in total. The summed E-state index contributed by atoms with van der Waals surface area (Å²) in [5.41, 5.74) is 0.528. The van der Waals surface area contributed by atoms with E-state index in [9.17, 15) is 9.90 Å². The molecule has 1 aromatic carbocycles. The lowest BCUT2D eigenvalue weighted by Crippen LogP contribution is -2.13. The van der Waals surface area contributed by atoms with Gasteiger partial charge in [-0.3, -0.25) is 4.79 Å². The number of aromatic hydroxyl groups is 1. The zero-order valence-electron chi connectivity index (χ0n) is 8.72. The standard InChI is InChI=1S/C12H9ClN2O2/c13-8-3-1-4-9(7-8)15-12(17)11-10(16)5-2-6-14-11/h1-7,16H,(H,15,17). The second-order valence-electron chi connectivity index (χ2n) is 3.34. The van der Waals surface area contributed by atoms with Crippen LogP contribution < -0.4 is 5.32 Å². The Bertz CT molecular complexity index is 558. The van der Waals surface area contributed by atoms with Gasteiger partial charge in [0.05, 0.1) is 0 Å². The first-order valence-corrected chi connectivity index (χ1v) is 5.25. The summed E-state index contributed by atoms with van der Waals surface area (Å²) < 4.78 is 0. The van der Waals surface area contributed by atoms with Crippen LogP contribution in [0.25, 0.3) is 0 Å². The van der Waals surface area contributed by atoms with Gasteiger partial charge in [0.2, 0.25) is 0 Å². The lowest BCUT2D eigenvalue weighted by molar-refractivity contribution is 0.101. The van der Waals surface area contributed by atoms with Crippen molar-refractivity contribution in [2.75, 3.05) is 5.32 Å². The molecule has 2 rings (SSSR count). The van der Waals surface area contributed by atoms with Gasteiger partial charge in [-0.2, -0.15) is 0 Å². The third-order valence-corrected chi connectivity index (χ3v) is 2.32. The van der Waals surface area contributed by atoms with Crippen molar-refractivity contribution in [2.45, 2.75) is 0 Å². The van der Waals surface area contributed by atoms with Crippen LogP contribution in [0.15, 0.2) is 42.6 Å². The van der Waals surface area contributed by atoms with E-state index in [1.807, 2.05) is 0 Å². The lowest BCUT2D eigenvalue weighted by atomic mass is 10.2. The maximum Gasteiger partial charge on any atom is 0.278 e. The van der Waals surface area contributed by atoms with E-state index in [1.54, 1.807) is 30.3 Å². The highest BCUT2D eigenvalue weighted by molar-refractivity contribution is 6.30. The number of aromatic nitrogens is 1. The van der Waals surface area contributed by atoms with Gasteiger partial charge in [-0.15, -0.1) is 0 Å². The fourth-order valence-corrected chi connectivity index (χ4v) is 1.52. The topological polar surface area (TPSA) is 62.2 Å². The molecule has 2 N–H and O–H groups in total. The van der Waals surface area contributed by atoms with E-state index >= 15 is 0 Å². The number of nitrogens with zero attached hydrogens (tertiary/aromatic N) is 1. The Morgan fingerprint density at radius 1 is 1.29 bits per heavy atom. The number of hydrogen-bond donors (Lipinski definition) is 2. The summed E-state index contributed by atoms with van der Waals surface area (Å²) in [7, 11) is 0. The summed E-state index contributed by atoms with van der Waals surface area (Å²) in [5, 5.41) is 12.6. The predicted molar refractivity (Wildman–Crippen MR) is 65.3 cm³/mol. The van der Waals surface area contributed by atoms with Gasteiger partial charge < -0.3 is 10.4 Å². The SMILES string of the molecule is O=C(Nc1cccc(Cl)c1)c1ncccc1O. The molecule has 0 saturated heterocycles. The Hall–Kier alpha value is -2.07. The normalized spacial score (nSPS) is 9.94. The summed E-state index contributed by atoms with van der Waals surface area (Å²) in [6.45, 7) is 0. The zero-order valence-corrected chi connectivity index (χ0v) is 9.48. The number of amides is 1. The predicted octanol–water partition coefficient (Wildman–Crippen LogP) is 2.69. The summed E-state index contributed by atoms with van der Waals surface area (Å²) >= 11 is 5.79. The first kappa shape index (κ1) is 11.4. The molecule has 1 heterocycles. The third-order valence-electron chi connectivity index (χ3n) is 2.08. The second kappa shape index (κ2) is 4.84. The van der Waals surface area contributed by atoms with Gasteiger partial charge in [-0.05, 0) is 30.3 Å². The Morgan fingerprint density at radius 2 is 2.12 bits per heavy atom. The molecule has 0 aliphatic carbocycles. The molecule has 17 heavy (non-hydrogen) atoms. The summed E-state index contributed by atoms with van der Waals surface area (Å²) in [6, 6.07) is 9.68. The van der Waals surface area contributed by atoms with Crippen molar-refractivity contribution in [1.29, 1.82) is 0 Å². The molecule has 0 saturated carbocycles. The molecule has 0 bridgehead atoms. The van der Waals surface area contributed by atoms with Crippen LogP contribution in [0.4, 0.5) is 5.69 Å². The van der Waals surface area contributed by atoms with Crippen molar-refractivity contribution in [3.8, 4) is 5.75 Å². The molecular formula is C12H9ClN2O2. The van der Waals surface area contributed by atoms with Crippen molar-refractivity contribution >= 4 is 23.2 Å². The van der Waals surface area contributed by atoms with Gasteiger partial charge in [0.1, 0.15) is 5.75 Å². The second-order valence-corrected chi connectivity index (χ2v) is 3.77. The lowest BCUT2D eigenvalue weighted by Gasteiger charge is -2.05. The van der Waals surface area contributed by atoms with Crippen LogP contribution in [0, 0.1) is 0 Å². The van der Waals surface area contributed by atoms with Crippen LogP contribution in [-0.4, -0.2) is 16.0 Å². The van der Waals surface area contributed by atoms with Crippen molar-refractivity contribution in [3.63, 3.8) is 0 Å². The quantitative estimate of drug-likeness (QED) is 0.859. The Kier molecular flexibility index (Phi) is 3.25. The monoisotopic (exact) mass is 248 g/mol. The number of nitrogens with one attached hydrogen (secondary N) is 1. The van der Waals surface area contributed by atoms with Crippen LogP contribution in [0.3, 0.4) is 0 Å². The van der Waals surface area contributed by atoms with Crippen LogP contribution in [0.2, 0.25) is 5.02 Å². The smallest absolute Gasteiger partial charge is 0.278 e. The Labute approximate surface area is 103 Å². The van der Waals surface area contributed by atoms with Gasteiger partial charge in [-0.25, -0.2) is 4.98 Å². The Morgan fingerprint density at radius 3 is 2.82 bits per heavy atom. The molecule has 0 spiro atoms. The number of halogens is 1. The fourth-order valence-electron chi connectivity index (χ4n) is 1.33. The van der Waals surface area contributed by atoms with Crippen molar-refractivity contribution in [1.82, 2.24) is 4.98 Å². The van der Waals surface area contributed by atoms with Gasteiger partial charge in [0, 0.05) is 16.9 Å². The van der Waals surface area contributed by atoms with Gasteiger partial charge in [-0.1, -0.05) is 17.7 Å². The van der Waals surface area contributed by atoms with E-state index in [4.69, 9.17) is 11.6 Å². The number of rotatable bonds is 2. The molecule has 2 aromatic rings. The molecule has 0 atom stereocenters. The molecule has 0 aliphatic heterocycles. The maximum atomic E-state index is 11.8. The summed E-state index contributed by atoms with van der Waals surface area (Å²) in [6.07, 6.45) is 1.44. The zero-order chi connectivity index (χ0) is 12.3. The average Bonchev–Trinajstić information content (AvgIpc) is 2.29. The van der Waals surface area contributed by atoms with Crippen LogP contribution in [0.1, 0.15) is 10.5 Å². The Balaban J connectivity index is 2.20. The molecule has 1 amide bonds. The first-order valence-electron chi connectivity index (χ1n) is 4.88. The van der Waals surface area contributed by atoms with E-state index < -0.39 is 5.91 Å². The van der Waals surface area contributed by atoms with Crippen molar-refractivity contribution in [2.24, 2.45) is 0 Å². The molecule has 0 radical (unpaired) electrons. The van der Waals surface area contributed by atoms with E-state index in [0.29, 0.717) is 10.7 Å². The summed E-state index contributed by atoms with van der Waals surface area (Å²) in [5.74, 6) is -0.641. The van der Waals surface area contributed by atoms with E-state index in [-0.39, 0.29) is 11.4 Å². The molecule has 5 heteroatoms. The van der Waals surface area contributed by atoms with Crippen molar-refractivity contribution in [3.05, 3.63) is 53.3 Å². The summed E-state index contributed by atoms with van der Waals surface area (Å²) in [4.78, 5) is 15.6. The van der Waals surface area contributed by atoms with Crippen LogP contribution in [-0.2, 0) is 0 Å². The first-order chi connectivity index (χ1) is 8.16. The number of anilines is 1. The van der Waals surface area contributed by atoms with Gasteiger partial charge >= 0.3 is 0 Å². The molecule has 1 aromatic heterocycles. The minimum atomic E-state index is -0.481. The van der Waals surface area contributed by atoms with E-state index in [2.05, 4.69) is 10.3 Å². The molecular weight excluding hydrogens is 240 g/mol. The number of carbonyl (C=O) groups excluding carboxylic acids is 1. The van der Waals surface area contributed by atoms with Crippen molar-refractivity contribution < 1.29 is 9.90 Å². The van der Waals surface area contributed by atoms with Gasteiger partial charge in [0.25, 0.3) is 5.91 Å². The van der Waals surface area contributed by atoms with Gasteiger partial charge in [0.15, 0.2) is 5.69 Å². The van der Waals surface area contributed by atoms with Crippen LogP contribution in [0.5, 0.6) is 5.75 Å². The highest BCUT2D eigenvalue weighted by atomic mass is 35.5. The number of carbonyl (C=O) groups is 1. The third kappa shape index (κ3) is 2.73. The van der Waals surface area contributed by atoms with Crippen LogP contribution >= 0.6 is 11.6 Å². The van der Waals surface area contributed by atoms with E-state index in [0.717, 1.165) is 0 Å². The molecule has 0 unspecified atom stereocenters. The molecule has 0 fully saturated rings. The number of pyridine rings is 1. The average molecular weight is 249 g/mol. The highest BCUT2D eigenvalue weighted by Gasteiger charge is 2.12. The minimum Gasteiger partial charge on any atom is -0.505 e. The highest BCUT2D eigenvalue weighted by Crippen LogP contribution is 2.18. The van der Waals surface area contributed by atoms with E-state index in [1.165, 1.54) is 12.3 Å². The molecule has 0 aliphatic rings. The number of hydrogen-bond acceptors (Lipinski definition) is 3. The minimum absolute atomic E-state index is 0.0209. The fraction of sp³-hybridized carbons (Fsp3) is 0. The molecule has 86 valence electrons. The largest absolute Gasteiger partial charge is 0.505 e. The maximum absolute atomic E-state index is 11.8. The number of benzene rings is 1.